The number of rotatable bonds is 5. The molecule has 26 heavy (non-hydrogen) atoms. The van der Waals surface area contributed by atoms with Gasteiger partial charge in [-0.2, -0.15) is 0 Å². The second-order valence-electron chi connectivity index (χ2n) is 7.11. The van der Waals surface area contributed by atoms with E-state index in [1.165, 1.54) is 4.68 Å². The summed E-state index contributed by atoms with van der Waals surface area (Å²) in [7, 11) is 0. The van der Waals surface area contributed by atoms with Crippen molar-refractivity contribution < 1.29 is 14.7 Å². The van der Waals surface area contributed by atoms with Crippen LogP contribution in [-0.2, 0) is 16.0 Å². The lowest BCUT2D eigenvalue weighted by Crippen LogP contribution is -2.50. The van der Waals surface area contributed by atoms with Gasteiger partial charge in [-0.3, -0.25) is 9.59 Å². The predicted molar refractivity (Wildman–Crippen MR) is 93.3 cm³/mol. The average Bonchev–Trinajstić information content (AvgIpc) is 3.05. The number of likely N-dealkylation sites (tertiary alicyclic amines) is 1. The molecular formula is C18H23N5O3. The van der Waals surface area contributed by atoms with Gasteiger partial charge < -0.3 is 10.0 Å². The predicted octanol–water partition coefficient (Wildman–Crippen LogP) is 1.48. The van der Waals surface area contributed by atoms with E-state index in [4.69, 9.17) is 0 Å². The number of tetrazole rings is 1. The molecule has 8 nitrogen and oxygen atoms in total. The Balaban J connectivity index is 1.88. The molecule has 3 rings (SSSR count). The number of hydrogen-bond acceptors (Lipinski definition) is 5. The monoisotopic (exact) mass is 357 g/mol. The Morgan fingerprint density at radius 2 is 2.04 bits per heavy atom. The van der Waals surface area contributed by atoms with Gasteiger partial charge in [0.15, 0.2) is 0 Å². The molecule has 2 aromatic rings. The van der Waals surface area contributed by atoms with E-state index in [0.29, 0.717) is 31.6 Å². The Morgan fingerprint density at radius 3 is 2.65 bits per heavy atom. The molecule has 1 aromatic heterocycles. The number of aryl methyl sites for hydroxylation is 1. The number of hydrogen-bond donors (Lipinski definition) is 1. The fraction of sp³-hybridized carbons (Fsp3) is 0.500. The Hall–Kier alpha value is -2.77. The van der Waals surface area contributed by atoms with Crippen LogP contribution in [-0.4, -0.2) is 55.2 Å². The average molecular weight is 357 g/mol. The summed E-state index contributed by atoms with van der Waals surface area (Å²) in [5.74, 6) is -0.457. The fourth-order valence-corrected chi connectivity index (χ4v) is 3.45. The molecule has 1 aliphatic heterocycles. The van der Waals surface area contributed by atoms with E-state index in [9.17, 15) is 14.7 Å². The summed E-state index contributed by atoms with van der Waals surface area (Å²) < 4.78 is 1.53. The standard InChI is InChI=1S/C18H23N5O3/c1-13-19-20-21-23(13)15(11-14-7-4-3-5-8-14)16(24)22-10-6-9-18(2,12-22)17(25)26/h3-5,7-8,15H,6,9-12H2,1-2H3,(H,25,26). The van der Waals surface area contributed by atoms with E-state index in [-0.39, 0.29) is 12.5 Å². The Labute approximate surface area is 151 Å². The fourth-order valence-electron chi connectivity index (χ4n) is 3.45. The number of carboxylic acids is 1. The van der Waals surface area contributed by atoms with Gasteiger partial charge in [0, 0.05) is 19.5 Å². The number of nitrogens with zero attached hydrogens (tertiary/aromatic N) is 5. The molecule has 1 N–H and O–H groups in total. The summed E-state index contributed by atoms with van der Waals surface area (Å²) in [6, 6.07) is 9.08. The topological polar surface area (TPSA) is 101 Å². The van der Waals surface area contributed by atoms with Crippen molar-refractivity contribution >= 4 is 11.9 Å². The lowest BCUT2D eigenvalue weighted by molar-refractivity contribution is -0.154. The van der Waals surface area contributed by atoms with Gasteiger partial charge in [-0.15, -0.1) is 5.10 Å². The lowest BCUT2D eigenvalue weighted by atomic mass is 9.81. The van der Waals surface area contributed by atoms with Gasteiger partial charge >= 0.3 is 5.97 Å². The SMILES string of the molecule is Cc1nnnn1C(Cc1ccccc1)C(=O)N1CCCC(C)(C(=O)O)C1. The summed E-state index contributed by atoms with van der Waals surface area (Å²) in [6.45, 7) is 4.20. The van der Waals surface area contributed by atoms with Crippen molar-refractivity contribution in [2.75, 3.05) is 13.1 Å². The third-order valence-corrected chi connectivity index (χ3v) is 5.03. The van der Waals surface area contributed by atoms with Crippen molar-refractivity contribution in [1.29, 1.82) is 0 Å². The molecule has 1 amide bonds. The first kappa shape index (κ1) is 18.0. The lowest BCUT2D eigenvalue weighted by Gasteiger charge is -2.39. The van der Waals surface area contributed by atoms with E-state index < -0.39 is 17.4 Å². The number of carbonyl (C=O) groups is 2. The maximum Gasteiger partial charge on any atom is 0.311 e. The Morgan fingerprint density at radius 1 is 1.31 bits per heavy atom. The van der Waals surface area contributed by atoms with Gasteiger partial charge in [0.25, 0.3) is 0 Å². The van der Waals surface area contributed by atoms with Crippen molar-refractivity contribution in [3.8, 4) is 0 Å². The summed E-state index contributed by atoms with van der Waals surface area (Å²) in [5, 5.41) is 21.1. The van der Waals surface area contributed by atoms with Crippen molar-refractivity contribution in [2.45, 2.75) is 39.2 Å². The summed E-state index contributed by atoms with van der Waals surface area (Å²) in [6.07, 6.45) is 1.69. The summed E-state index contributed by atoms with van der Waals surface area (Å²) in [5.41, 5.74) is 0.0830. The zero-order chi connectivity index (χ0) is 18.7. The van der Waals surface area contributed by atoms with Gasteiger partial charge in [0.2, 0.25) is 5.91 Å². The molecule has 0 spiro atoms. The second kappa shape index (κ2) is 7.23. The molecule has 0 saturated carbocycles. The highest BCUT2D eigenvalue weighted by Crippen LogP contribution is 2.31. The molecule has 138 valence electrons. The maximum absolute atomic E-state index is 13.3. The van der Waals surface area contributed by atoms with Gasteiger partial charge in [0.05, 0.1) is 5.41 Å². The number of piperidine rings is 1. The number of amides is 1. The van der Waals surface area contributed by atoms with Crippen LogP contribution in [0.25, 0.3) is 0 Å². The van der Waals surface area contributed by atoms with Crippen LogP contribution in [0.2, 0.25) is 0 Å². The van der Waals surface area contributed by atoms with E-state index >= 15 is 0 Å². The maximum atomic E-state index is 13.3. The van der Waals surface area contributed by atoms with Gasteiger partial charge in [-0.05, 0) is 42.7 Å². The van der Waals surface area contributed by atoms with Crippen LogP contribution in [0.5, 0.6) is 0 Å². The van der Waals surface area contributed by atoms with Gasteiger partial charge in [-0.1, -0.05) is 30.3 Å². The number of carbonyl (C=O) groups excluding carboxylic acids is 1. The smallest absolute Gasteiger partial charge is 0.311 e. The molecule has 1 aliphatic rings. The van der Waals surface area contributed by atoms with Crippen molar-refractivity contribution in [3.63, 3.8) is 0 Å². The first-order valence-electron chi connectivity index (χ1n) is 8.71. The highest BCUT2D eigenvalue weighted by atomic mass is 16.4. The van der Waals surface area contributed by atoms with Crippen LogP contribution in [0.15, 0.2) is 30.3 Å². The second-order valence-corrected chi connectivity index (χ2v) is 7.11. The molecule has 8 heteroatoms. The van der Waals surface area contributed by atoms with E-state index in [1.54, 1.807) is 18.7 Å². The van der Waals surface area contributed by atoms with Gasteiger partial charge in [-0.25, -0.2) is 4.68 Å². The van der Waals surface area contributed by atoms with Crippen LogP contribution >= 0.6 is 0 Å². The molecule has 1 aromatic carbocycles. The minimum absolute atomic E-state index is 0.142. The van der Waals surface area contributed by atoms with Crippen LogP contribution in [0.1, 0.15) is 37.2 Å². The third-order valence-electron chi connectivity index (χ3n) is 5.03. The van der Waals surface area contributed by atoms with Crippen LogP contribution in [0, 0.1) is 12.3 Å². The Bertz CT molecular complexity index is 791. The van der Waals surface area contributed by atoms with Crippen LogP contribution in [0.3, 0.4) is 0 Å². The molecule has 0 aliphatic carbocycles. The van der Waals surface area contributed by atoms with Crippen LogP contribution in [0.4, 0.5) is 0 Å². The first-order valence-corrected chi connectivity index (χ1v) is 8.71. The normalized spacial score (nSPS) is 21.4. The molecule has 0 radical (unpaired) electrons. The minimum atomic E-state index is -0.916. The number of carboxylic acid groups (broad SMARTS) is 1. The first-order chi connectivity index (χ1) is 12.4. The van der Waals surface area contributed by atoms with E-state index in [2.05, 4.69) is 15.5 Å². The van der Waals surface area contributed by atoms with E-state index in [1.807, 2.05) is 30.3 Å². The summed E-state index contributed by atoms with van der Waals surface area (Å²) >= 11 is 0. The molecule has 2 atom stereocenters. The third kappa shape index (κ3) is 3.58. The number of aliphatic carboxylic acids is 1. The molecule has 2 unspecified atom stereocenters. The zero-order valence-corrected chi connectivity index (χ0v) is 15.0. The molecule has 1 fully saturated rings. The molecule has 0 bridgehead atoms. The highest BCUT2D eigenvalue weighted by molar-refractivity contribution is 5.82. The largest absolute Gasteiger partial charge is 0.481 e. The molecule has 1 saturated heterocycles. The minimum Gasteiger partial charge on any atom is -0.481 e. The Kier molecular flexibility index (Phi) is 5.01. The van der Waals surface area contributed by atoms with Crippen molar-refractivity contribution in [3.05, 3.63) is 41.7 Å². The van der Waals surface area contributed by atoms with E-state index in [0.717, 1.165) is 5.56 Å². The van der Waals surface area contributed by atoms with Gasteiger partial charge in [0.1, 0.15) is 11.9 Å². The molecule has 2 heterocycles. The van der Waals surface area contributed by atoms with Crippen molar-refractivity contribution in [1.82, 2.24) is 25.1 Å². The summed E-state index contributed by atoms with van der Waals surface area (Å²) in [4.78, 5) is 26.5. The zero-order valence-electron chi connectivity index (χ0n) is 15.0. The number of aromatic nitrogens is 4. The number of benzene rings is 1. The molecular weight excluding hydrogens is 334 g/mol. The highest BCUT2D eigenvalue weighted by Gasteiger charge is 2.41. The van der Waals surface area contributed by atoms with Crippen LogP contribution < -0.4 is 0 Å². The quantitative estimate of drug-likeness (QED) is 0.870. The van der Waals surface area contributed by atoms with Crippen molar-refractivity contribution in [2.24, 2.45) is 5.41 Å².